The molecule has 2 N–H and O–H groups in total. The summed E-state index contributed by atoms with van der Waals surface area (Å²) in [6.07, 6.45) is 0. The van der Waals surface area contributed by atoms with Crippen molar-refractivity contribution in [3.8, 4) is 5.75 Å². The fourth-order valence-electron chi connectivity index (χ4n) is 1.25. The van der Waals surface area contributed by atoms with E-state index in [1.54, 1.807) is 0 Å². The molecule has 0 unspecified atom stereocenters. The molecule has 0 saturated carbocycles. The quantitative estimate of drug-likeness (QED) is 0.812. The number of ether oxygens (including phenoxy) is 1. The fraction of sp³-hybridized carbons (Fsp3) is 0.333. The molecule has 0 aliphatic carbocycles. The van der Waals surface area contributed by atoms with E-state index in [-0.39, 0.29) is 10.6 Å². The summed E-state index contributed by atoms with van der Waals surface area (Å²) >= 11 is 0. The van der Waals surface area contributed by atoms with Crippen LogP contribution in [-0.4, -0.2) is 42.3 Å². The molecule has 0 atom stereocenters. The molecule has 0 bridgehead atoms. The molecule has 0 heterocycles. The van der Waals surface area contributed by atoms with E-state index in [0.717, 1.165) is 16.4 Å². The molecule has 0 aromatic heterocycles. The molecule has 9 heteroatoms. The summed E-state index contributed by atoms with van der Waals surface area (Å²) in [5, 5.41) is 5.01. The number of methoxy groups -OCH3 is 1. The number of benzene rings is 1. The average molecular weight is 294 g/mol. The normalized spacial score (nSPS) is 12.7. The number of hydrogen-bond donors (Lipinski definition) is 1. The zero-order valence-electron chi connectivity index (χ0n) is 10.1. The van der Waals surface area contributed by atoms with Crippen LogP contribution in [0.5, 0.6) is 5.75 Å². The first kappa shape index (κ1) is 14.9. The highest BCUT2D eigenvalue weighted by molar-refractivity contribution is 7.92. The first-order valence-electron chi connectivity index (χ1n) is 4.74. The number of primary sulfonamides is 1. The highest BCUT2D eigenvalue weighted by atomic mass is 32.2. The Morgan fingerprint density at radius 2 is 1.67 bits per heavy atom. The van der Waals surface area contributed by atoms with Crippen molar-refractivity contribution in [1.82, 2.24) is 4.31 Å². The Balaban J connectivity index is 3.67. The van der Waals surface area contributed by atoms with Crippen LogP contribution in [0, 0.1) is 0 Å². The monoisotopic (exact) mass is 294 g/mol. The van der Waals surface area contributed by atoms with Crippen molar-refractivity contribution in [1.29, 1.82) is 0 Å². The van der Waals surface area contributed by atoms with Gasteiger partial charge in [-0.25, -0.2) is 26.3 Å². The smallest absolute Gasteiger partial charge is 0.243 e. The highest BCUT2D eigenvalue weighted by Crippen LogP contribution is 2.26. The molecule has 7 nitrogen and oxygen atoms in total. The van der Waals surface area contributed by atoms with Gasteiger partial charge in [0.25, 0.3) is 0 Å². The van der Waals surface area contributed by atoms with Gasteiger partial charge in [0.1, 0.15) is 15.5 Å². The molecule has 1 aromatic carbocycles. The molecule has 0 aliphatic heterocycles. The average Bonchev–Trinajstić information content (AvgIpc) is 2.26. The number of nitrogens with zero attached hydrogens (tertiary/aromatic N) is 1. The van der Waals surface area contributed by atoms with Gasteiger partial charge in [0.2, 0.25) is 20.0 Å². The molecule has 1 aromatic rings. The Morgan fingerprint density at radius 1 is 1.11 bits per heavy atom. The molecule has 0 saturated heterocycles. The summed E-state index contributed by atoms with van der Waals surface area (Å²) in [6.45, 7) is 0. The van der Waals surface area contributed by atoms with Crippen molar-refractivity contribution in [2.75, 3.05) is 21.2 Å². The van der Waals surface area contributed by atoms with Crippen LogP contribution < -0.4 is 9.88 Å². The zero-order valence-corrected chi connectivity index (χ0v) is 11.7. The fourth-order valence-corrected chi connectivity index (χ4v) is 3.49. The maximum absolute atomic E-state index is 12.0. The maximum atomic E-state index is 12.0. The largest absolute Gasteiger partial charge is 0.497 e. The molecule has 0 amide bonds. The topological polar surface area (TPSA) is 107 Å². The van der Waals surface area contributed by atoms with Gasteiger partial charge in [-0.3, -0.25) is 0 Å². The molecule has 1 rings (SSSR count). The number of hydrogen-bond acceptors (Lipinski definition) is 5. The summed E-state index contributed by atoms with van der Waals surface area (Å²) in [5.74, 6) is 0.205. The predicted octanol–water partition coefficient (Wildman–Crippen LogP) is -0.407. The van der Waals surface area contributed by atoms with Gasteiger partial charge in [0, 0.05) is 20.2 Å². The molecule has 0 radical (unpaired) electrons. The van der Waals surface area contributed by atoms with Crippen molar-refractivity contribution < 1.29 is 21.6 Å². The van der Waals surface area contributed by atoms with Crippen molar-refractivity contribution in [3.63, 3.8) is 0 Å². The molecule has 0 spiro atoms. The first-order valence-corrected chi connectivity index (χ1v) is 7.72. The van der Waals surface area contributed by atoms with E-state index in [9.17, 15) is 16.8 Å². The van der Waals surface area contributed by atoms with Crippen molar-refractivity contribution in [2.24, 2.45) is 5.14 Å². The van der Waals surface area contributed by atoms with Gasteiger partial charge >= 0.3 is 0 Å². The van der Waals surface area contributed by atoms with E-state index in [1.807, 2.05) is 0 Å². The summed E-state index contributed by atoms with van der Waals surface area (Å²) in [7, 11) is -4.13. The minimum Gasteiger partial charge on any atom is -0.497 e. The second kappa shape index (κ2) is 4.84. The van der Waals surface area contributed by atoms with E-state index < -0.39 is 24.9 Å². The second-order valence-electron chi connectivity index (χ2n) is 3.65. The summed E-state index contributed by atoms with van der Waals surface area (Å²) in [6, 6.07) is 3.57. The summed E-state index contributed by atoms with van der Waals surface area (Å²) < 4.78 is 52.5. The lowest BCUT2D eigenvalue weighted by Crippen LogP contribution is -2.25. The van der Waals surface area contributed by atoms with Crippen molar-refractivity contribution in [3.05, 3.63) is 18.2 Å². The van der Waals surface area contributed by atoms with Gasteiger partial charge in [0.05, 0.1) is 7.11 Å². The predicted molar refractivity (Wildman–Crippen MR) is 65.2 cm³/mol. The molecule has 18 heavy (non-hydrogen) atoms. The van der Waals surface area contributed by atoms with E-state index in [0.29, 0.717) is 0 Å². The van der Waals surface area contributed by atoms with E-state index in [2.05, 4.69) is 0 Å². The van der Waals surface area contributed by atoms with Crippen LogP contribution in [-0.2, 0) is 20.0 Å². The van der Waals surface area contributed by atoms with Crippen LogP contribution in [0.1, 0.15) is 0 Å². The van der Waals surface area contributed by atoms with E-state index in [1.165, 1.54) is 27.3 Å². The minimum atomic E-state index is -4.17. The molecular weight excluding hydrogens is 280 g/mol. The number of sulfonamides is 2. The van der Waals surface area contributed by atoms with Crippen LogP contribution >= 0.6 is 0 Å². The van der Waals surface area contributed by atoms with Gasteiger partial charge in [-0.15, -0.1) is 0 Å². The van der Waals surface area contributed by atoms with Gasteiger partial charge < -0.3 is 4.74 Å². The van der Waals surface area contributed by atoms with Gasteiger partial charge in [-0.1, -0.05) is 0 Å². The third-order valence-electron chi connectivity index (χ3n) is 2.22. The van der Waals surface area contributed by atoms with Gasteiger partial charge in [-0.2, -0.15) is 0 Å². The Morgan fingerprint density at radius 3 is 2.06 bits per heavy atom. The third-order valence-corrected chi connectivity index (χ3v) is 5.17. The van der Waals surface area contributed by atoms with Crippen LogP contribution in [0.4, 0.5) is 0 Å². The first-order chi connectivity index (χ1) is 8.10. The Bertz CT molecular complexity index is 650. The molecular formula is C9H14N2O5S2. The minimum absolute atomic E-state index is 0.205. The summed E-state index contributed by atoms with van der Waals surface area (Å²) in [5.41, 5.74) is 0. The van der Waals surface area contributed by atoms with Crippen molar-refractivity contribution >= 4 is 20.0 Å². The second-order valence-corrected chi connectivity index (χ2v) is 7.30. The van der Waals surface area contributed by atoms with Crippen LogP contribution in [0.25, 0.3) is 0 Å². The standard InChI is InChI=1S/C9H14N2O5S2/c1-11(2)18(14,15)8-5-4-7(16-3)6-9(8)17(10,12)13/h4-6H,1-3H3,(H2,10,12,13). The number of rotatable bonds is 4. The Labute approximate surface area is 106 Å². The van der Waals surface area contributed by atoms with Crippen LogP contribution in [0.2, 0.25) is 0 Å². The van der Waals surface area contributed by atoms with Crippen molar-refractivity contribution in [2.45, 2.75) is 9.79 Å². The zero-order chi connectivity index (χ0) is 14.1. The van der Waals surface area contributed by atoms with Gasteiger partial charge in [0.15, 0.2) is 0 Å². The van der Waals surface area contributed by atoms with Gasteiger partial charge in [-0.05, 0) is 12.1 Å². The summed E-state index contributed by atoms with van der Waals surface area (Å²) in [4.78, 5) is -0.869. The third kappa shape index (κ3) is 2.80. The number of nitrogens with two attached hydrogens (primary N) is 1. The molecule has 0 fully saturated rings. The van der Waals surface area contributed by atoms with Crippen LogP contribution in [0.3, 0.4) is 0 Å². The lowest BCUT2D eigenvalue weighted by molar-refractivity contribution is 0.412. The van der Waals surface area contributed by atoms with E-state index in [4.69, 9.17) is 9.88 Å². The van der Waals surface area contributed by atoms with E-state index >= 15 is 0 Å². The highest BCUT2D eigenvalue weighted by Gasteiger charge is 2.26. The molecule has 102 valence electrons. The van der Waals surface area contributed by atoms with Crippen LogP contribution in [0.15, 0.2) is 28.0 Å². The Kier molecular flexibility index (Phi) is 4.01. The molecule has 0 aliphatic rings. The lowest BCUT2D eigenvalue weighted by atomic mass is 10.3. The maximum Gasteiger partial charge on any atom is 0.243 e. The Hall–Kier alpha value is -1.16. The SMILES string of the molecule is COc1ccc(S(=O)(=O)N(C)C)c(S(N)(=O)=O)c1. The lowest BCUT2D eigenvalue weighted by Gasteiger charge is -2.14.